The van der Waals surface area contributed by atoms with Gasteiger partial charge in [-0.05, 0) is 36.4 Å². The standard InChI is InChI=1S/C15H22N4/c1-15(2,3)13-8-4-5-9-14(13)19-11-12(17-18-19)7-6-10-16/h4-5,8-9,11H,6-7,10,16H2,1-3H3. The molecule has 0 atom stereocenters. The van der Waals surface area contributed by atoms with Gasteiger partial charge in [-0.1, -0.05) is 44.2 Å². The fourth-order valence-corrected chi connectivity index (χ4v) is 2.12. The maximum atomic E-state index is 5.52. The smallest absolute Gasteiger partial charge is 0.0832 e. The molecule has 1 aromatic carbocycles. The van der Waals surface area contributed by atoms with Crippen molar-refractivity contribution in [3.05, 3.63) is 41.7 Å². The molecule has 0 amide bonds. The fraction of sp³-hybridized carbons (Fsp3) is 0.467. The number of aromatic nitrogens is 3. The largest absolute Gasteiger partial charge is 0.330 e. The van der Waals surface area contributed by atoms with E-state index < -0.39 is 0 Å². The van der Waals surface area contributed by atoms with Crippen molar-refractivity contribution in [3.63, 3.8) is 0 Å². The number of nitrogens with two attached hydrogens (primary N) is 1. The molecule has 2 rings (SSSR count). The summed E-state index contributed by atoms with van der Waals surface area (Å²) in [7, 11) is 0. The van der Waals surface area contributed by atoms with Gasteiger partial charge in [0, 0.05) is 0 Å². The number of aryl methyl sites for hydroxylation is 1. The van der Waals surface area contributed by atoms with Crippen LogP contribution in [0, 0.1) is 0 Å². The molecule has 0 aliphatic heterocycles. The molecule has 2 N–H and O–H groups in total. The molecule has 0 aliphatic rings. The van der Waals surface area contributed by atoms with E-state index in [0.29, 0.717) is 6.54 Å². The minimum absolute atomic E-state index is 0.0833. The van der Waals surface area contributed by atoms with E-state index in [2.05, 4.69) is 49.3 Å². The lowest BCUT2D eigenvalue weighted by Crippen LogP contribution is -2.15. The first-order chi connectivity index (χ1) is 9.02. The highest BCUT2D eigenvalue weighted by Crippen LogP contribution is 2.27. The Balaban J connectivity index is 2.34. The Hall–Kier alpha value is -1.68. The van der Waals surface area contributed by atoms with E-state index in [0.717, 1.165) is 24.2 Å². The molecule has 0 radical (unpaired) electrons. The van der Waals surface area contributed by atoms with Crippen LogP contribution in [0.15, 0.2) is 30.5 Å². The lowest BCUT2D eigenvalue weighted by atomic mass is 9.86. The fourth-order valence-electron chi connectivity index (χ4n) is 2.12. The van der Waals surface area contributed by atoms with Crippen LogP contribution in [0.4, 0.5) is 0 Å². The van der Waals surface area contributed by atoms with Crippen molar-refractivity contribution in [2.24, 2.45) is 5.73 Å². The second-order valence-electron chi connectivity index (χ2n) is 5.81. The van der Waals surface area contributed by atoms with Gasteiger partial charge in [0.25, 0.3) is 0 Å². The Morgan fingerprint density at radius 3 is 2.63 bits per heavy atom. The number of nitrogens with zero attached hydrogens (tertiary/aromatic N) is 3. The van der Waals surface area contributed by atoms with Crippen LogP contribution in [0.1, 0.15) is 38.4 Å². The molecule has 1 heterocycles. The lowest BCUT2D eigenvalue weighted by molar-refractivity contribution is 0.582. The Labute approximate surface area is 114 Å². The maximum Gasteiger partial charge on any atom is 0.0832 e. The summed E-state index contributed by atoms with van der Waals surface area (Å²) in [6.45, 7) is 7.31. The lowest BCUT2D eigenvalue weighted by Gasteiger charge is -2.22. The number of benzene rings is 1. The predicted molar refractivity (Wildman–Crippen MR) is 77.4 cm³/mol. The van der Waals surface area contributed by atoms with Crippen LogP contribution in [0.5, 0.6) is 0 Å². The molecule has 0 aliphatic carbocycles. The van der Waals surface area contributed by atoms with E-state index in [1.165, 1.54) is 5.56 Å². The highest BCUT2D eigenvalue weighted by atomic mass is 15.4. The Kier molecular flexibility index (Phi) is 4.00. The van der Waals surface area contributed by atoms with Gasteiger partial charge in [0.15, 0.2) is 0 Å². The summed E-state index contributed by atoms with van der Waals surface area (Å²) in [6, 6.07) is 8.33. The van der Waals surface area contributed by atoms with Crippen molar-refractivity contribution in [1.29, 1.82) is 0 Å². The zero-order chi connectivity index (χ0) is 13.9. The van der Waals surface area contributed by atoms with E-state index in [1.807, 2.05) is 16.9 Å². The summed E-state index contributed by atoms with van der Waals surface area (Å²) >= 11 is 0. The summed E-state index contributed by atoms with van der Waals surface area (Å²) in [5.74, 6) is 0. The second-order valence-corrected chi connectivity index (χ2v) is 5.81. The zero-order valence-electron chi connectivity index (χ0n) is 11.9. The first-order valence-corrected chi connectivity index (χ1v) is 6.73. The van der Waals surface area contributed by atoms with E-state index in [1.54, 1.807) is 0 Å². The predicted octanol–water partition coefficient (Wildman–Crippen LogP) is 2.46. The van der Waals surface area contributed by atoms with Crippen LogP contribution in [-0.2, 0) is 11.8 Å². The summed E-state index contributed by atoms with van der Waals surface area (Å²) in [5, 5.41) is 8.45. The molecule has 1 aromatic heterocycles. The first-order valence-electron chi connectivity index (χ1n) is 6.73. The van der Waals surface area contributed by atoms with Crippen LogP contribution in [0.3, 0.4) is 0 Å². The van der Waals surface area contributed by atoms with Crippen molar-refractivity contribution in [1.82, 2.24) is 15.0 Å². The maximum absolute atomic E-state index is 5.52. The molecule has 19 heavy (non-hydrogen) atoms. The molecule has 2 aromatic rings. The van der Waals surface area contributed by atoms with Crippen LogP contribution >= 0.6 is 0 Å². The summed E-state index contributed by atoms with van der Waals surface area (Å²) in [4.78, 5) is 0. The molecule has 0 spiro atoms. The Morgan fingerprint density at radius 2 is 1.95 bits per heavy atom. The average molecular weight is 258 g/mol. The summed E-state index contributed by atoms with van der Waals surface area (Å²) in [6.07, 6.45) is 3.83. The molecule has 0 unspecified atom stereocenters. The second kappa shape index (κ2) is 5.53. The third-order valence-electron chi connectivity index (χ3n) is 3.14. The number of rotatable bonds is 4. The highest BCUT2D eigenvalue weighted by molar-refractivity contribution is 5.44. The molecule has 0 fully saturated rings. The van der Waals surface area contributed by atoms with Gasteiger partial charge >= 0.3 is 0 Å². The van der Waals surface area contributed by atoms with Gasteiger partial charge in [-0.3, -0.25) is 0 Å². The Morgan fingerprint density at radius 1 is 1.21 bits per heavy atom. The number of hydrogen-bond donors (Lipinski definition) is 1. The van der Waals surface area contributed by atoms with Crippen molar-refractivity contribution in [2.45, 2.75) is 39.0 Å². The normalized spacial score (nSPS) is 11.8. The van der Waals surface area contributed by atoms with Gasteiger partial charge < -0.3 is 5.73 Å². The van der Waals surface area contributed by atoms with E-state index in [9.17, 15) is 0 Å². The van der Waals surface area contributed by atoms with Crippen LogP contribution in [-0.4, -0.2) is 21.5 Å². The number of para-hydroxylation sites is 1. The first kappa shape index (κ1) is 13.7. The van der Waals surface area contributed by atoms with Crippen molar-refractivity contribution in [2.75, 3.05) is 6.54 Å². The third kappa shape index (κ3) is 3.20. The van der Waals surface area contributed by atoms with Gasteiger partial charge in [-0.25, -0.2) is 4.68 Å². The van der Waals surface area contributed by atoms with Gasteiger partial charge in [-0.15, -0.1) is 5.10 Å². The van der Waals surface area contributed by atoms with E-state index >= 15 is 0 Å². The summed E-state index contributed by atoms with van der Waals surface area (Å²) in [5.41, 5.74) is 8.97. The molecule has 0 bridgehead atoms. The molecule has 102 valence electrons. The van der Waals surface area contributed by atoms with Gasteiger partial charge in [-0.2, -0.15) is 0 Å². The van der Waals surface area contributed by atoms with Crippen molar-refractivity contribution >= 4 is 0 Å². The summed E-state index contributed by atoms with van der Waals surface area (Å²) < 4.78 is 1.87. The van der Waals surface area contributed by atoms with Gasteiger partial charge in [0.05, 0.1) is 17.6 Å². The molecule has 0 saturated heterocycles. The molecular weight excluding hydrogens is 236 g/mol. The average Bonchev–Trinajstić information content (AvgIpc) is 2.84. The van der Waals surface area contributed by atoms with Crippen LogP contribution in [0.25, 0.3) is 5.69 Å². The number of hydrogen-bond acceptors (Lipinski definition) is 3. The molecular formula is C15H22N4. The van der Waals surface area contributed by atoms with Crippen molar-refractivity contribution in [3.8, 4) is 5.69 Å². The van der Waals surface area contributed by atoms with Crippen LogP contribution < -0.4 is 5.73 Å². The van der Waals surface area contributed by atoms with Crippen molar-refractivity contribution < 1.29 is 0 Å². The molecule has 4 nitrogen and oxygen atoms in total. The highest BCUT2D eigenvalue weighted by Gasteiger charge is 2.19. The third-order valence-corrected chi connectivity index (χ3v) is 3.14. The zero-order valence-corrected chi connectivity index (χ0v) is 11.9. The topological polar surface area (TPSA) is 56.7 Å². The SMILES string of the molecule is CC(C)(C)c1ccccc1-n1cc(CCCN)nn1. The molecule has 0 saturated carbocycles. The van der Waals surface area contributed by atoms with Crippen LogP contribution in [0.2, 0.25) is 0 Å². The quantitative estimate of drug-likeness (QED) is 0.916. The minimum atomic E-state index is 0.0833. The monoisotopic (exact) mass is 258 g/mol. The van der Waals surface area contributed by atoms with E-state index in [-0.39, 0.29) is 5.41 Å². The minimum Gasteiger partial charge on any atom is -0.330 e. The van der Waals surface area contributed by atoms with Gasteiger partial charge in [0.1, 0.15) is 0 Å². The Bertz CT molecular complexity index is 537. The molecule has 4 heteroatoms. The van der Waals surface area contributed by atoms with E-state index in [4.69, 9.17) is 5.73 Å². The van der Waals surface area contributed by atoms with Gasteiger partial charge in [0.2, 0.25) is 0 Å².